The van der Waals surface area contributed by atoms with Crippen molar-refractivity contribution in [2.75, 3.05) is 32.8 Å². The zero-order valence-corrected chi connectivity index (χ0v) is 12.0. The Labute approximate surface area is 119 Å². The van der Waals surface area contributed by atoms with E-state index in [0.717, 1.165) is 25.9 Å². The molecule has 0 spiro atoms. The third-order valence-electron chi connectivity index (χ3n) is 4.24. The molecule has 20 heavy (non-hydrogen) atoms. The molecular weight excluding hydrogens is 260 g/mol. The predicted molar refractivity (Wildman–Crippen MR) is 73.3 cm³/mol. The number of carbonyl (C=O) groups excluding carboxylic acids is 1. The van der Waals surface area contributed by atoms with Crippen molar-refractivity contribution < 1.29 is 19.4 Å². The molecule has 0 radical (unpaired) electrons. The van der Waals surface area contributed by atoms with Crippen LogP contribution in [-0.2, 0) is 14.3 Å². The van der Waals surface area contributed by atoms with Crippen molar-refractivity contribution in [2.24, 2.45) is 11.8 Å². The van der Waals surface area contributed by atoms with Crippen LogP contribution >= 0.6 is 0 Å². The Morgan fingerprint density at radius 2 is 2.00 bits per heavy atom. The largest absolute Gasteiger partial charge is 0.481 e. The molecule has 6 heteroatoms. The Bertz CT molecular complexity index is 355. The molecule has 0 aliphatic carbocycles. The first-order valence-corrected chi connectivity index (χ1v) is 7.41. The third kappa shape index (κ3) is 3.93. The van der Waals surface area contributed by atoms with Gasteiger partial charge in [-0.1, -0.05) is 6.92 Å². The van der Waals surface area contributed by atoms with Crippen LogP contribution in [0.15, 0.2) is 0 Å². The Kier molecular flexibility index (Phi) is 5.37. The lowest BCUT2D eigenvalue weighted by atomic mass is 9.99. The zero-order valence-electron chi connectivity index (χ0n) is 12.0. The summed E-state index contributed by atoms with van der Waals surface area (Å²) in [4.78, 5) is 24.7. The molecule has 0 aromatic carbocycles. The van der Waals surface area contributed by atoms with Gasteiger partial charge in [0.2, 0.25) is 5.91 Å². The molecule has 2 saturated heterocycles. The summed E-state index contributed by atoms with van der Waals surface area (Å²) in [5, 5.41) is 12.3. The van der Waals surface area contributed by atoms with Crippen LogP contribution < -0.4 is 5.32 Å². The molecule has 2 rings (SSSR count). The van der Waals surface area contributed by atoms with Crippen LogP contribution in [0.1, 0.15) is 26.2 Å². The summed E-state index contributed by atoms with van der Waals surface area (Å²) in [7, 11) is 0. The number of likely N-dealkylation sites (tertiary alicyclic amines) is 1. The molecule has 2 atom stereocenters. The van der Waals surface area contributed by atoms with E-state index < -0.39 is 11.9 Å². The summed E-state index contributed by atoms with van der Waals surface area (Å²) >= 11 is 0. The van der Waals surface area contributed by atoms with Crippen LogP contribution in [-0.4, -0.2) is 60.8 Å². The lowest BCUT2D eigenvalue weighted by molar-refractivity contribution is -0.142. The number of nitrogens with one attached hydrogen (secondary N) is 1. The number of piperidine rings is 1. The van der Waals surface area contributed by atoms with Gasteiger partial charge in [0.05, 0.1) is 25.0 Å². The van der Waals surface area contributed by atoms with Gasteiger partial charge in [0.1, 0.15) is 0 Å². The number of aliphatic carboxylic acids is 1. The van der Waals surface area contributed by atoms with E-state index in [0.29, 0.717) is 26.1 Å². The maximum absolute atomic E-state index is 12.0. The smallest absolute Gasteiger partial charge is 0.308 e. The van der Waals surface area contributed by atoms with Crippen molar-refractivity contribution in [1.29, 1.82) is 0 Å². The zero-order chi connectivity index (χ0) is 14.5. The van der Waals surface area contributed by atoms with E-state index in [1.165, 1.54) is 0 Å². The molecule has 0 aromatic heterocycles. The molecule has 2 heterocycles. The summed E-state index contributed by atoms with van der Waals surface area (Å²) in [5.74, 6) is -1.20. The van der Waals surface area contributed by atoms with E-state index >= 15 is 0 Å². The monoisotopic (exact) mass is 284 g/mol. The second-order valence-electron chi connectivity index (χ2n) is 5.79. The summed E-state index contributed by atoms with van der Waals surface area (Å²) in [6.45, 7) is 5.15. The molecule has 6 nitrogen and oxygen atoms in total. The summed E-state index contributed by atoms with van der Waals surface area (Å²) < 4.78 is 5.71. The standard InChI is InChI=1S/C14H24N2O4/c1-10-8-16(9-12(10)14(18)19)13(17)4-7-20-11-2-5-15-6-3-11/h10-12,15H,2-9H2,1H3,(H,18,19). The first-order chi connectivity index (χ1) is 9.58. The van der Waals surface area contributed by atoms with Crippen LogP contribution in [0.2, 0.25) is 0 Å². The van der Waals surface area contributed by atoms with Crippen LogP contribution in [0.3, 0.4) is 0 Å². The van der Waals surface area contributed by atoms with Crippen molar-refractivity contribution in [3.05, 3.63) is 0 Å². The first-order valence-electron chi connectivity index (χ1n) is 7.41. The highest BCUT2D eigenvalue weighted by atomic mass is 16.5. The van der Waals surface area contributed by atoms with Gasteiger partial charge in [0.25, 0.3) is 0 Å². The number of hydrogen-bond acceptors (Lipinski definition) is 4. The van der Waals surface area contributed by atoms with Gasteiger partial charge in [-0.15, -0.1) is 0 Å². The number of amides is 1. The average molecular weight is 284 g/mol. The molecule has 2 fully saturated rings. The molecule has 2 unspecified atom stereocenters. The lowest BCUT2D eigenvalue weighted by Crippen LogP contribution is -2.34. The highest BCUT2D eigenvalue weighted by Gasteiger charge is 2.36. The SMILES string of the molecule is CC1CN(C(=O)CCOC2CCNCC2)CC1C(=O)O. The Morgan fingerprint density at radius 3 is 2.60 bits per heavy atom. The number of ether oxygens (including phenoxy) is 1. The van der Waals surface area contributed by atoms with Gasteiger partial charge in [-0.3, -0.25) is 9.59 Å². The molecule has 2 N–H and O–H groups in total. The third-order valence-corrected chi connectivity index (χ3v) is 4.24. The maximum atomic E-state index is 12.0. The van der Waals surface area contributed by atoms with Gasteiger partial charge in [-0.2, -0.15) is 0 Å². The van der Waals surface area contributed by atoms with Gasteiger partial charge in [-0.05, 0) is 31.8 Å². The lowest BCUT2D eigenvalue weighted by Gasteiger charge is -2.23. The fraction of sp³-hybridized carbons (Fsp3) is 0.857. The molecular formula is C14H24N2O4. The van der Waals surface area contributed by atoms with Gasteiger partial charge >= 0.3 is 5.97 Å². The predicted octanol–water partition coefficient (Wildman–Crippen LogP) is 0.324. The number of carboxylic acid groups (broad SMARTS) is 1. The number of nitrogens with zero attached hydrogens (tertiary/aromatic N) is 1. The van der Waals surface area contributed by atoms with Crippen molar-refractivity contribution in [3.63, 3.8) is 0 Å². The minimum atomic E-state index is -0.807. The van der Waals surface area contributed by atoms with Crippen molar-refractivity contribution in [2.45, 2.75) is 32.3 Å². The molecule has 2 aliphatic heterocycles. The molecule has 2 aliphatic rings. The molecule has 0 aromatic rings. The molecule has 114 valence electrons. The second kappa shape index (κ2) is 7.04. The van der Waals surface area contributed by atoms with Crippen molar-refractivity contribution in [1.82, 2.24) is 10.2 Å². The normalized spacial score (nSPS) is 27.8. The van der Waals surface area contributed by atoms with E-state index in [1.54, 1.807) is 4.90 Å². The summed E-state index contributed by atoms with van der Waals surface area (Å²) in [6.07, 6.45) is 2.60. The summed E-state index contributed by atoms with van der Waals surface area (Å²) in [5.41, 5.74) is 0. The van der Waals surface area contributed by atoms with Gasteiger partial charge in [0, 0.05) is 13.1 Å². The van der Waals surface area contributed by atoms with Gasteiger partial charge in [0.15, 0.2) is 0 Å². The highest BCUT2D eigenvalue weighted by Crippen LogP contribution is 2.23. The molecule has 0 saturated carbocycles. The van der Waals surface area contributed by atoms with Gasteiger partial charge < -0.3 is 20.1 Å². The first kappa shape index (κ1) is 15.3. The summed E-state index contributed by atoms with van der Waals surface area (Å²) in [6, 6.07) is 0. The Hall–Kier alpha value is -1.14. The quantitative estimate of drug-likeness (QED) is 0.760. The number of carboxylic acids is 1. The minimum Gasteiger partial charge on any atom is -0.481 e. The molecule has 1 amide bonds. The molecule has 0 bridgehead atoms. The fourth-order valence-corrected chi connectivity index (χ4v) is 2.93. The average Bonchev–Trinajstić information content (AvgIpc) is 2.82. The van der Waals surface area contributed by atoms with E-state index in [4.69, 9.17) is 9.84 Å². The maximum Gasteiger partial charge on any atom is 0.308 e. The van der Waals surface area contributed by atoms with Crippen molar-refractivity contribution in [3.8, 4) is 0 Å². The minimum absolute atomic E-state index is 0.00883. The van der Waals surface area contributed by atoms with Crippen LogP contribution in [0, 0.1) is 11.8 Å². The highest BCUT2D eigenvalue weighted by molar-refractivity contribution is 5.79. The van der Waals surface area contributed by atoms with E-state index in [9.17, 15) is 9.59 Å². The number of hydrogen-bond donors (Lipinski definition) is 2. The van der Waals surface area contributed by atoms with Crippen LogP contribution in [0.4, 0.5) is 0 Å². The Morgan fingerprint density at radius 1 is 1.30 bits per heavy atom. The number of rotatable bonds is 5. The van der Waals surface area contributed by atoms with E-state index in [2.05, 4.69) is 5.32 Å². The van der Waals surface area contributed by atoms with E-state index in [-0.39, 0.29) is 17.9 Å². The topological polar surface area (TPSA) is 78.9 Å². The van der Waals surface area contributed by atoms with Crippen molar-refractivity contribution >= 4 is 11.9 Å². The van der Waals surface area contributed by atoms with Crippen LogP contribution in [0.25, 0.3) is 0 Å². The van der Waals surface area contributed by atoms with Crippen LogP contribution in [0.5, 0.6) is 0 Å². The second-order valence-corrected chi connectivity index (χ2v) is 5.79. The number of carbonyl (C=O) groups is 2. The Balaban J connectivity index is 1.68. The fourth-order valence-electron chi connectivity index (χ4n) is 2.93. The van der Waals surface area contributed by atoms with Gasteiger partial charge in [-0.25, -0.2) is 0 Å². The van der Waals surface area contributed by atoms with E-state index in [1.807, 2.05) is 6.92 Å².